The molecule has 0 aliphatic carbocycles. The number of hydrogen-bond acceptors (Lipinski definition) is 15. The zero-order valence-electron chi connectivity index (χ0n) is 47.2. The van der Waals surface area contributed by atoms with E-state index in [1.807, 2.05) is 60.7 Å². The van der Waals surface area contributed by atoms with Gasteiger partial charge in [0.15, 0.2) is 33.0 Å². The Morgan fingerprint density at radius 1 is 0.359 bits per heavy atom. The molecule has 0 spiro atoms. The van der Waals surface area contributed by atoms with Crippen LogP contribution in [0.3, 0.4) is 0 Å². The summed E-state index contributed by atoms with van der Waals surface area (Å²) in [7, 11) is 0. The van der Waals surface area contributed by atoms with E-state index in [1.165, 1.54) is 0 Å². The second kappa shape index (κ2) is 26.2. The average Bonchev–Trinajstić information content (AvgIpc) is 3.36. The molecule has 5 aromatic rings. The number of halogens is 2. The summed E-state index contributed by atoms with van der Waals surface area (Å²) in [4.78, 5) is 65.3. The number of rotatable bonds is 20. The van der Waals surface area contributed by atoms with Gasteiger partial charge in [0.2, 0.25) is 0 Å². The Kier molecular flexibility index (Phi) is 21.1. The summed E-state index contributed by atoms with van der Waals surface area (Å²) in [6, 6.07) is 29.3. The highest BCUT2D eigenvalue weighted by Crippen LogP contribution is 2.48. The molecule has 15 nitrogen and oxygen atoms in total. The number of carbonyl (C=O) groups is 5. The lowest BCUT2D eigenvalue weighted by Crippen LogP contribution is -2.28. The zero-order valence-corrected chi connectivity index (χ0v) is 51.5. The van der Waals surface area contributed by atoms with Crippen molar-refractivity contribution in [2.75, 3.05) is 33.0 Å². The monoisotopic (exact) mass is 1300 g/mol. The van der Waals surface area contributed by atoms with Gasteiger partial charge in [-0.1, -0.05) is 36.4 Å². The van der Waals surface area contributed by atoms with Crippen LogP contribution in [0, 0.1) is 7.14 Å². The van der Waals surface area contributed by atoms with Gasteiger partial charge in [0.25, 0.3) is 0 Å². The molecule has 420 valence electrons. The van der Waals surface area contributed by atoms with Crippen LogP contribution >= 0.6 is 45.2 Å². The number of carbonyl (C=O) groups excluding carboxylic acids is 5. The third kappa shape index (κ3) is 20.9. The van der Waals surface area contributed by atoms with Crippen LogP contribution in [-0.4, -0.2) is 90.9 Å². The lowest BCUT2D eigenvalue weighted by molar-refractivity contribution is -0.158. The number of benzene rings is 5. The Balaban J connectivity index is 1.79. The van der Waals surface area contributed by atoms with Gasteiger partial charge in [0.05, 0.1) is 3.57 Å². The summed E-state index contributed by atoms with van der Waals surface area (Å²) >= 11 is 4.40. The van der Waals surface area contributed by atoms with E-state index in [9.17, 15) is 24.0 Å². The van der Waals surface area contributed by atoms with E-state index in [0.29, 0.717) is 48.6 Å². The Labute approximate surface area is 485 Å². The highest BCUT2D eigenvalue weighted by molar-refractivity contribution is 14.1. The van der Waals surface area contributed by atoms with Crippen LogP contribution in [-0.2, 0) is 47.7 Å². The SMILES string of the molecule is CC(C)(C)OC(=O)COc1ccc(-c2ccc(OCC(=O)OC(C)(C)C)c(C(c3cc(-c4ccc(OCC(=O)OC(C)(C)C)cc4)ccc3OCC(=O)OC(C)(C)C)c3cc(I)cc(I)c3OCC(=O)OC(C)(C)C)c2)cc1. The van der Waals surface area contributed by atoms with Gasteiger partial charge >= 0.3 is 29.8 Å². The minimum Gasteiger partial charge on any atom is -0.482 e. The minimum absolute atomic E-state index is 0.286. The van der Waals surface area contributed by atoms with Gasteiger partial charge in [-0.2, -0.15) is 0 Å². The van der Waals surface area contributed by atoms with Crippen LogP contribution in [0.5, 0.6) is 28.7 Å². The first-order valence-electron chi connectivity index (χ1n) is 25.3. The van der Waals surface area contributed by atoms with Gasteiger partial charge in [-0.25, -0.2) is 24.0 Å². The molecule has 0 saturated carbocycles. The lowest BCUT2D eigenvalue weighted by Gasteiger charge is -2.28. The fourth-order valence-corrected chi connectivity index (χ4v) is 9.70. The fraction of sp³-hybridized carbons (Fsp3) is 0.426. The Bertz CT molecular complexity index is 2760. The molecule has 0 N–H and O–H groups in total. The molecule has 5 aromatic carbocycles. The Hall–Kier alpha value is -6.09. The molecule has 0 saturated heterocycles. The fourth-order valence-electron chi connectivity index (χ4n) is 7.65. The summed E-state index contributed by atoms with van der Waals surface area (Å²) in [5.41, 5.74) is 0.765. The van der Waals surface area contributed by atoms with Gasteiger partial charge in [-0.3, -0.25) is 0 Å². The third-order valence-electron chi connectivity index (χ3n) is 10.2. The van der Waals surface area contributed by atoms with E-state index in [1.54, 1.807) is 140 Å². The van der Waals surface area contributed by atoms with Gasteiger partial charge in [0.1, 0.15) is 56.8 Å². The lowest BCUT2D eigenvalue weighted by atomic mass is 9.81. The molecule has 0 aliphatic rings. The maximum atomic E-state index is 13.4. The second-order valence-corrected chi connectivity index (χ2v) is 25.6. The predicted molar refractivity (Wildman–Crippen MR) is 313 cm³/mol. The van der Waals surface area contributed by atoms with Crippen molar-refractivity contribution in [2.24, 2.45) is 0 Å². The van der Waals surface area contributed by atoms with E-state index in [4.69, 9.17) is 47.4 Å². The molecular formula is C61H72I2O15. The molecule has 0 aliphatic heterocycles. The van der Waals surface area contributed by atoms with Crippen LogP contribution in [0.1, 0.15) is 126 Å². The topological polar surface area (TPSA) is 178 Å². The van der Waals surface area contributed by atoms with Crippen molar-refractivity contribution >= 4 is 75.0 Å². The van der Waals surface area contributed by atoms with E-state index in [-0.39, 0.29) is 24.7 Å². The molecule has 0 bridgehead atoms. The number of hydrogen-bond donors (Lipinski definition) is 0. The summed E-state index contributed by atoms with van der Waals surface area (Å²) in [5, 5.41) is 0. The molecule has 0 heterocycles. The first-order valence-corrected chi connectivity index (χ1v) is 27.5. The van der Waals surface area contributed by atoms with Gasteiger partial charge in [-0.15, -0.1) is 0 Å². The largest absolute Gasteiger partial charge is 0.482 e. The van der Waals surface area contributed by atoms with Crippen LogP contribution in [0.25, 0.3) is 22.3 Å². The summed E-state index contributed by atoms with van der Waals surface area (Å²) in [6.45, 7) is 24.7. The normalized spacial score (nSPS) is 12.0. The van der Waals surface area contributed by atoms with Crippen molar-refractivity contribution in [1.29, 1.82) is 0 Å². The molecule has 0 radical (unpaired) electrons. The van der Waals surface area contributed by atoms with Crippen molar-refractivity contribution < 1.29 is 71.3 Å². The van der Waals surface area contributed by atoms with Crippen LogP contribution in [0.15, 0.2) is 97.1 Å². The molecule has 0 unspecified atom stereocenters. The van der Waals surface area contributed by atoms with E-state index < -0.39 is 83.6 Å². The maximum Gasteiger partial charge on any atom is 0.344 e. The molecule has 0 atom stereocenters. The molecule has 78 heavy (non-hydrogen) atoms. The predicted octanol–water partition coefficient (Wildman–Crippen LogP) is 13.0. The van der Waals surface area contributed by atoms with Crippen molar-refractivity contribution in [1.82, 2.24) is 0 Å². The Morgan fingerprint density at radius 3 is 0.974 bits per heavy atom. The first-order chi connectivity index (χ1) is 36.1. The summed E-state index contributed by atoms with van der Waals surface area (Å²) in [5.74, 6) is -1.96. The Morgan fingerprint density at radius 2 is 0.654 bits per heavy atom. The smallest absolute Gasteiger partial charge is 0.344 e. The van der Waals surface area contributed by atoms with Gasteiger partial charge < -0.3 is 47.4 Å². The van der Waals surface area contributed by atoms with E-state index in [2.05, 4.69) is 45.2 Å². The van der Waals surface area contributed by atoms with Crippen LogP contribution in [0.4, 0.5) is 0 Å². The molecule has 17 heteroatoms. The summed E-state index contributed by atoms with van der Waals surface area (Å²) < 4.78 is 60.5. The third-order valence-corrected chi connectivity index (χ3v) is 11.6. The van der Waals surface area contributed by atoms with Gasteiger partial charge in [-0.05, 0) is 232 Å². The van der Waals surface area contributed by atoms with Crippen molar-refractivity contribution in [3.8, 4) is 51.0 Å². The average molecular weight is 1300 g/mol. The molecule has 5 rings (SSSR count). The van der Waals surface area contributed by atoms with E-state index >= 15 is 0 Å². The van der Waals surface area contributed by atoms with Gasteiger partial charge in [0, 0.05) is 26.2 Å². The standard InChI is InChI=1S/C61H72I2O15/c1-57(2,3)74-50(64)32-69-42-22-16-37(17-23-42)39-20-26-48(71-34-52(66)76-59(7,8)9)44(28-39)55(46-30-41(62)31-47(63)56(46)73-36-54(68)78-61(13,14)15)45-29-40(21-27-49(45)72-35-53(67)77-60(10,11)12)38-18-24-43(25-19-38)70-33-51(65)75-58(4,5)6/h16-31,55H,32-36H2,1-15H3. The number of ether oxygens (including phenoxy) is 10. The molecule has 0 amide bonds. The first kappa shape index (κ1) is 62.7. The molecular weight excluding hydrogens is 1230 g/mol. The quantitative estimate of drug-likeness (QED) is 0.0311. The summed E-state index contributed by atoms with van der Waals surface area (Å²) in [6.07, 6.45) is 0. The minimum atomic E-state index is -0.920. The molecule has 0 fully saturated rings. The second-order valence-electron chi connectivity index (χ2n) is 23.2. The molecule has 0 aromatic heterocycles. The highest BCUT2D eigenvalue weighted by Gasteiger charge is 2.32. The maximum absolute atomic E-state index is 13.4. The zero-order chi connectivity index (χ0) is 58.0. The van der Waals surface area contributed by atoms with Crippen LogP contribution < -0.4 is 23.7 Å². The van der Waals surface area contributed by atoms with E-state index in [0.717, 1.165) is 14.7 Å². The highest BCUT2D eigenvalue weighted by atomic mass is 127. The van der Waals surface area contributed by atoms with Crippen LogP contribution in [0.2, 0.25) is 0 Å². The van der Waals surface area contributed by atoms with Crippen molar-refractivity contribution in [3.05, 3.63) is 121 Å². The van der Waals surface area contributed by atoms with Crippen molar-refractivity contribution in [2.45, 2.75) is 138 Å². The number of esters is 5. The van der Waals surface area contributed by atoms with Crippen molar-refractivity contribution in [3.63, 3.8) is 0 Å².